The van der Waals surface area contributed by atoms with Crippen molar-refractivity contribution in [2.75, 3.05) is 0 Å². The second kappa shape index (κ2) is 6.02. The average molecular weight is 204 g/mol. The Bertz CT molecular complexity index is 342. The van der Waals surface area contributed by atoms with Crippen molar-refractivity contribution in [3.8, 4) is 0 Å². The average Bonchev–Trinajstić information content (AvgIpc) is 2.27. The molecule has 1 aromatic carbocycles. The van der Waals surface area contributed by atoms with E-state index in [-0.39, 0.29) is 5.97 Å². The van der Waals surface area contributed by atoms with Gasteiger partial charge in [0.1, 0.15) is 0 Å². The molecule has 0 saturated heterocycles. The Balaban J connectivity index is 2.85. The zero-order valence-corrected chi connectivity index (χ0v) is 9.03. The molecule has 0 aliphatic heterocycles. The monoisotopic (exact) mass is 204 g/mol. The highest BCUT2D eigenvalue weighted by Gasteiger charge is 2.10. The maximum atomic E-state index is 11.5. The van der Waals surface area contributed by atoms with Crippen LogP contribution < -0.4 is 0 Å². The minimum Gasteiger partial charge on any atom is -0.432 e. The SMILES string of the molecule is C=COC(=O)c1ccccc1CCCC. The molecule has 2 nitrogen and oxygen atoms in total. The molecular formula is C13H16O2. The summed E-state index contributed by atoms with van der Waals surface area (Å²) < 4.78 is 4.77. The summed E-state index contributed by atoms with van der Waals surface area (Å²) in [5, 5.41) is 0. The largest absolute Gasteiger partial charge is 0.432 e. The number of rotatable bonds is 5. The van der Waals surface area contributed by atoms with Crippen LogP contribution in [0.15, 0.2) is 37.1 Å². The van der Waals surface area contributed by atoms with Gasteiger partial charge in [0.15, 0.2) is 0 Å². The van der Waals surface area contributed by atoms with Crippen molar-refractivity contribution in [3.63, 3.8) is 0 Å². The summed E-state index contributed by atoms with van der Waals surface area (Å²) in [5.41, 5.74) is 1.69. The second-order valence-electron chi connectivity index (χ2n) is 3.33. The van der Waals surface area contributed by atoms with Crippen LogP contribution in [0.2, 0.25) is 0 Å². The predicted octanol–water partition coefficient (Wildman–Crippen LogP) is 3.33. The molecule has 0 fully saturated rings. The number of ether oxygens (including phenoxy) is 1. The summed E-state index contributed by atoms with van der Waals surface area (Å²) in [6.07, 6.45) is 4.28. The molecular weight excluding hydrogens is 188 g/mol. The maximum Gasteiger partial charge on any atom is 0.343 e. The Kier molecular flexibility index (Phi) is 4.61. The summed E-state index contributed by atoms with van der Waals surface area (Å²) in [6.45, 7) is 5.50. The molecule has 1 aromatic rings. The summed E-state index contributed by atoms with van der Waals surface area (Å²) in [4.78, 5) is 11.5. The maximum absolute atomic E-state index is 11.5. The zero-order chi connectivity index (χ0) is 11.1. The molecule has 0 N–H and O–H groups in total. The van der Waals surface area contributed by atoms with Gasteiger partial charge >= 0.3 is 5.97 Å². The second-order valence-corrected chi connectivity index (χ2v) is 3.33. The number of aryl methyl sites for hydroxylation is 1. The lowest BCUT2D eigenvalue weighted by molar-refractivity contribution is 0.0663. The third kappa shape index (κ3) is 3.24. The molecule has 0 aliphatic rings. The highest BCUT2D eigenvalue weighted by molar-refractivity contribution is 5.91. The van der Waals surface area contributed by atoms with Gasteiger partial charge in [-0.1, -0.05) is 38.1 Å². The smallest absolute Gasteiger partial charge is 0.343 e. The Labute approximate surface area is 90.6 Å². The zero-order valence-electron chi connectivity index (χ0n) is 9.03. The Hall–Kier alpha value is -1.57. The lowest BCUT2D eigenvalue weighted by Crippen LogP contribution is -2.04. The van der Waals surface area contributed by atoms with Gasteiger partial charge in [-0.2, -0.15) is 0 Å². The van der Waals surface area contributed by atoms with Crippen LogP contribution in [0.3, 0.4) is 0 Å². The van der Waals surface area contributed by atoms with Crippen LogP contribution in [0.1, 0.15) is 35.7 Å². The van der Waals surface area contributed by atoms with Crippen molar-refractivity contribution in [1.82, 2.24) is 0 Å². The van der Waals surface area contributed by atoms with Crippen molar-refractivity contribution in [2.45, 2.75) is 26.2 Å². The molecule has 0 aromatic heterocycles. The fraction of sp³-hybridized carbons (Fsp3) is 0.308. The predicted molar refractivity (Wildman–Crippen MR) is 60.7 cm³/mol. The minimum atomic E-state index is -0.322. The molecule has 0 radical (unpaired) electrons. The molecule has 0 aliphatic carbocycles. The number of hydrogen-bond donors (Lipinski definition) is 0. The van der Waals surface area contributed by atoms with Crippen molar-refractivity contribution in [1.29, 1.82) is 0 Å². The number of benzene rings is 1. The molecule has 0 saturated carbocycles. The molecule has 0 amide bonds. The highest BCUT2D eigenvalue weighted by atomic mass is 16.5. The number of unbranched alkanes of at least 4 members (excludes halogenated alkanes) is 1. The van der Waals surface area contributed by atoms with Crippen LogP contribution in [-0.4, -0.2) is 5.97 Å². The molecule has 0 unspecified atom stereocenters. The minimum absolute atomic E-state index is 0.322. The van der Waals surface area contributed by atoms with Gasteiger partial charge in [-0.15, -0.1) is 0 Å². The van der Waals surface area contributed by atoms with E-state index in [1.807, 2.05) is 18.2 Å². The number of hydrogen-bond acceptors (Lipinski definition) is 2. The summed E-state index contributed by atoms with van der Waals surface area (Å²) in [7, 11) is 0. The van der Waals surface area contributed by atoms with Gasteiger partial charge in [0.2, 0.25) is 0 Å². The third-order valence-corrected chi connectivity index (χ3v) is 2.23. The fourth-order valence-corrected chi connectivity index (χ4v) is 1.44. The van der Waals surface area contributed by atoms with Crippen molar-refractivity contribution >= 4 is 5.97 Å². The van der Waals surface area contributed by atoms with Gasteiger partial charge in [0.25, 0.3) is 0 Å². The van der Waals surface area contributed by atoms with Crippen LogP contribution in [0.25, 0.3) is 0 Å². The van der Waals surface area contributed by atoms with E-state index in [1.54, 1.807) is 6.07 Å². The van der Waals surface area contributed by atoms with Gasteiger partial charge in [0, 0.05) is 0 Å². The van der Waals surface area contributed by atoms with Gasteiger partial charge in [-0.3, -0.25) is 0 Å². The lowest BCUT2D eigenvalue weighted by Gasteiger charge is -2.06. The Morgan fingerprint density at radius 1 is 1.47 bits per heavy atom. The van der Waals surface area contributed by atoms with Crippen molar-refractivity contribution in [2.24, 2.45) is 0 Å². The van der Waals surface area contributed by atoms with Crippen molar-refractivity contribution in [3.05, 3.63) is 48.2 Å². The highest BCUT2D eigenvalue weighted by Crippen LogP contribution is 2.13. The van der Waals surface area contributed by atoms with Gasteiger partial charge in [0.05, 0.1) is 11.8 Å². The van der Waals surface area contributed by atoms with E-state index < -0.39 is 0 Å². The van der Waals surface area contributed by atoms with Crippen LogP contribution in [0.4, 0.5) is 0 Å². The van der Waals surface area contributed by atoms with Crippen LogP contribution in [-0.2, 0) is 11.2 Å². The quantitative estimate of drug-likeness (QED) is 0.543. The van der Waals surface area contributed by atoms with Gasteiger partial charge in [-0.25, -0.2) is 4.79 Å². The van der Waals surface area contributed by atoms with Gasteiger partial charge in [-0.05, 0) is 24.5 Å². The van der Waals surface area contributed by atoms with E-state index in [4.69, 9.17) is 4.74 Å². The van der Waals surface area contributed by atoms with Crippen molar-refractivity contribution < 1.29 is 9.53 Å². The molecule has 0 spiro atoms. The molecule has 2 heteroatoms. The topological polar surface area (TPSA) is 26.3 Å². The van der Waals surface area contributed by atoms with E-state index in [2.05, 4.69) is 13.5 Å². The number of carbonyl (C=O) groups excluding carboxylic acids is 1. The summed E-state index contributed by atoms with van der Waals surface area (Å²) in [6, 6.07) is 7.54. The normalized spacial score (nSPS) is 9.67. The summed E-state index contributed by atoms with van der Waals surface area (Å²) in [5.74, 6) is -0.322. The van der Waals surface area contributed by atoms with Gasteiger partial charge < -0.3 is 4.74 Å². The van der Waals surface area contributed by atoms with E-state index in [1.165, 1.54) is 6.26 Å². The Morgan fingerprint density at radius 2 is 2.20 bits per heavy atom. The summed E-state index contributed by atoms with van der Waals surface area (Å²) >= 11 is 0. The van der Waals surface area contributed by atoms with Crippen LogP contribution in [0.5, 0.6) is 0 Å². The van der Waals surface area contributed by atoms with E-state index in [9.17, 15) is 4.79 Å². The number of carbonyl (C=O) groups is 1. The lowest BCUT2D eigenvalue weighted by atomic mass is 10.0. The van der Waals surface area contributed by atoms with E-state index in [0.29, 0.717) is 5.56 Å². The first-order valence-corrected chi connectivity index (χ1v) is 5.19. The van der Waals surface area contributed by atoms with E-state index in [0.717, 1.165) is 24.8 Å². The molecule has 0 atom stereocenters. The number of esters is 1. The van der Waals surface area contributed by atoms with Crippen LogP contribution >= 0.6 is 0 Å². The first-order valence-electron chi connectivity index (χ1n) is 5.19. The first kappa shape index (κ1) is 11.5. The Morgan fingerprint density at radius 3 is 2.87 bits per heavy atom. The molecule has 0 heterocycles. The third-order valence-electron chi connectivity index (χ3n) is 2.23. The van der Waals surface area contributed by atoms with E-state index >= 15 is 0 Å². The molecule has 1 rings (SSSR count). The van der Waals surface area contributed by atoms with Crippen LogP contribution in [0, 0.1) is 0 Å². The first-order chi connectivity index (χ1) is 7.29. The molecule has 15 heavy (non-hydrogen) atoms. The fourth-order valence-electron chi connectivity index (χ4n) is 1.44. The molecule has 0 bridgehead atoms. The molecule has 80 valence electrons. The standard InChI is InChI=1S/C13H16O2/c1-3-5-8-11-9-6-7-10-12(11)13(14)15-4-2/h4,6-7,9-10H,2-3,5,8H2,1H3.